The fraction of sp³-hybridized carbons (Fsp3) is 0.455. The molecule has 0 heterocycles. The summed E-state index contributed by atoms with van der Waals surface area (Å²) in [4.78, 5) is 0. The number of halogens is 1. The Balaban J connectivity index is 1.89. The molecule has 0 radical (unpaired) electrons. The summed E-state index contributed by atoms with van der Waals surface area (Å²) in [7, 11) is -3.24. The molecule has 1 aromatic carbocycles. The van der Waals surface area contributed by atoms with E-state index >= 15 is 0 Å². The summed E-state index contributed by atoms with van der Waals surface area (Å²) < 4.78 is 27.1. The van der Waals surface area contributed by atoms with Crippen molar-refractivity contribution in [3.63, 3.8) is 0 Å². The van der Waals surface area contributed by atoms with Crippen molar-refractivity contribution in [3.8, 4) is 0 Å². The van der Waals surface area contributed by atoms with Crippen molar-refractivity contribution in [1.82, 2.24) is 5.32 Å². The zero-order valence-corrected chi connectivity index (χ0v) is 12.3. The van der Waals surface area contributed by atoms with Gasteiger partial charge in [0.1, 0.15) is 0 Å². The molecule has 0 aromatic heterocycles. The first-order valence-electron chi connectivity index (χ1n) is 5.55. The first kappa shape index (κ1) is 13.1. The number of hydrogen-bond acceptors (Lipinski definition) is 3. The number of rotatable bonds is 6. The predicted octanol–water partition coefficient (Wildman–Crippen LogP) is 1.78. The number of para-hydroxylation sites is 1. The molecule has 4 nitrogen and oxygen atoms in total. The minimum Gasteiger partial charge on any atom is -0.313 e. The first-order chi connectivity index (χ1) is 8.07. The maximum absolute atomic E-state index is 11.8. The Kier molecular flexibility index (Phi) is 4.26. The quantitative estimate of drug-likeness (QED) is 0.755. The largest absolute Gasteiger partial charge is 0.313 e. The highest BCUT2D eigenvalue weighted by Gasteiger charge is 2.21. The van der Waals surface area contributed by atoms with Gasteiger partial charge in [-0.05, 0) is 47.6 Å². The molecule has 0 spiro atoms. The Labute approximate surface area is 115 Å². The van der Waals surface area contributed by atoms with Crippen LogP contribution in [0.25, 0.3) is 0 Å². The lowest BCUT2D eigenvalue weighted by Crippen LogP contribution is -2.28. The van der Waals surface area contributed by atoms with E-state index in [1.54, 1.807) is 6.07 Å². The van der Waals surface area contributed by atoms with Gasteiger partial charge in [-0.3, -0.25) is 4.72 Å². The molecule has 94 valence electrons. The first-order valence-corrected chi connectivity index (χ1v) is 8.28. The molecule has 0 unspecified atom stereocenters. The lowest BCUT2D eigenvalue weighted by molar-refractivity contribution is 0.595. The molecule has 0 bridgehead atoms. The van der Waals surface area contributed by atoms with Crippen LogP contribution >= 0.6 is 22.6 Å². The minimum absolute atomic E-state index is 0.120. The van der Waals surface area contributed by atoms with Crippen LogP contribution in [-0.2, 0) is 10.0 Å². The van der Waals surface area contributed by atoms with E-state index in [1.165, 1.54) is 12.8 Å². The predicted molar refractivity (Wildman–Crippen MR) is 77.6 cm³/mol. The average Bonchev–Trinajstić information content (AvgIpc) is 3.05. The van der Waals surface area contributed by atoms with Gasteiger partial charge in [0.25, 0.3) is 0 Å². The van der Waals surface area contributed by atoms with E-state index in [2.05, 4.69) is 32.6 Å². The summed E-state index contributed by atoms with van der Waals surface area (Å²) in [6, 6.07) is 7.90. The topological polar surface area (TPSA) is 58.2 Å². The van der Waals surface area contributed by atoms with Crippen molar-refractivity contribution in [3.05, 3.63) is 27.8 Å². The van der Waals surface area contributed by atoms with Crippen LogP contribution in [0.5, 0.6) is 0 Å². The lowest BCUT2D eigenvalue weighted by atomic mass is 10.3. The van der Waals surface area contributed by atoms with Gasteiger partial charge in [0.05, 0.1) is 11.4 Å². The van der Waals surface area contributed by atoms with Crippen LogP contribution in [0.2, 0.25) is 0 Å². The van der Waals surface area contributed by atoms with E-state index in [0.717, 1.165) is 3.57 Å². The van der Waals surface area contributed by atoms with Gasteiger partial charge in [0.15, 0.2) is 0 Å². The minimum atomic E-state index is -3.24. The Bertz CT molecular complexity index is 486. The standard InChI is InChI=1S/C11H15IN2O2S/c12-10-3-1-2-4-11(10)14-17(15,16)8-7-13-9-5-6-9/h1-4,9,13-14H,5-8H2. The van der Waals surface area contributed by atoms with Crippen LogP contribution in [0.1, 0.15) is 12.8 Å². The van der Waals surface area contributed by atoms with Gasteiger partial charge < -0.3 is 5.32 Å². The number of hydrogen-bond donors (Lipinski definition) is 2. The monoisotopic (exact) mass is 366 g/mol. The van der Waals surface area contributed by atoms with Crippen molar-refractivity contribution < 1.29 is 8.42 Å². The molecule has 1 aliphatic rings. The molecule has 1 aromatic rings. The zero-order chi connectivity index (χ0) is 12.3. The second-order valence-corrected chi connectivity index (χ2v) is 7.13. The summed E-state index contributed by atoms with van der Waals surface area (Å²) in [6.45, 7) is 0.517. The summed E-state index contributed by atoms with van der Waals surface area (Å²) >= 11 is 2.12. The fourth-order valence-electron chi connectivity index (χ4n) is 1.45. The summed E-state index contributed by atoms with van der Waals surface area (Å²) in [5.74, 6) is 0.120. The fourth-order valence-corrected chi connectivity index (χ4v) is 3.15. The number of anilines is 1. The molecule has 0 aliphatic heterocycles. The van der Waals surface area contributed by atoms with Crippen molar-refractivity contribution >= 4 is 38.3 Å². The molecule has 6 heteroatoms. The van der Waals surface area contributed by atoms with Gasteiger partial charge in [0, 0.05) is 16.2 Å². The normalized spacial score (nSPS) is 15.8. The van der Waals surface area contributed by atoms with Crippen molar-refractivity contribution in [1.29, 1.82) is 0 Å². The van der Waals surface area contributed by atoms with Crippen LogP contribution < -0.4 is 10.0 Å². The molecule has 1 saturated carbocycles. The maximum Gasteiger partial charge on any atom is 0.234 e. The van der Waals surface area contributed by atoms with Gasteiger partial charge in [-0.1, -0.05) is 12.1 Å². The number of sulfonamides is 1. The molecule has 1 aliphatic carbocycles. The number of nitrogens with one attached hydrogen (secondary N) is 2. The Morgan fingerprint density at radius 1 is 1.29 bits per heavy atom. The lowest BCUT2D eigenvalue weighted by Gasteiger charge is -2.09. The van der Waals surface area contributed by atoms with Gasteiger partial charge in [0.2, 0.25) is 10.0 Å². The van der Waals surface area contributed by atoms with Gasteiger partial charge in [-0.25, -0.2) is 8.42 Å². The smallest absolute Gasteiger partial charge is 0.234 e. The van der Waals surface area contributed by atoms with Gasteiger partial charge in [-0.15, -0.1) is 0 Å². The van der Waals surface area contributed by atoms with E-state index in [1.807, 2.05) is 18.2 Å². The molecule has 2 rings (SSSR count). The highest BCUT2D eigenvalue weighted by Crippen LogP contribution is 2.19. The van der Waals surface area contributed by atoms with Gasteiger partial charge in [-0.2, -0.15) is 0 Å². The third kappa shape index (κ3) is 4.44. The van der Waals surface area contributed by atoms with E-state index < -0.39 is 10.0 Å². The Morgan fingerprint density at radius 2 is 2.00 bits per heavy atom. The molecule has 0 saturated heterocycles. The molecule has 2 N–H and O–H groups in total. The van der Waals surface area contributed by atoms with Crippen LogP contribution in [-0.4, -0.2) is 26.8 Å². The molecular weight excluding hydrogens is 351 g/mol. The maximum atomic E-state index is 11.8. The Morgan fingerprint density at radius 3 is 2.65 bits per heavy atom. The highest BCUT2D eigenvalue weighted by atomic mass is 127. The SMILES string of the molecule is O=S(=O)(CCNC1CC1)Nc1ccccc1I. The molecular formula is C11H15IN2O2S. The van der Waals surface area contributed by atoms with E-state index in [4.69, 9.17) is 0 Å². The van der Waals surface area contributed by atoms with E-state index in [9.17, 15) is 8.42 Å². The van der Waals surface area contributed by atoms with Crippen LogP contribution in [0.3, 0.4) is 0 Å². The van der Waals surface area contributed by atoms with Gasteiger partial charge >= 0.3 is 0 Å². The highest BCUT2D eigenvalue weighted by molar-refractivity contribution is 14.1. The van der Waals surface area contributed by atoms with Crippen LogP contribution in [0.15, 0.2) is 24.3 Å². The molecule has 1 fully saturated rings. The second kappa shape index (κ2) is 5.53. The second-order valence-electron chi connectivity index (χ2n) is 4.13. The molecule has 17 heavy (non-hydrogen) atoms. The van der Waals surface area contributed by atoms with Crippen molar-refractivity contribution in [2.24, 2.45) is 0 Å². The summed E-state index contributed by atoms with van der Waals surface area (Å²) in [5, 5.41) is 3.19. The van der Waals surface area contributed by atoms with Crippen molar-refractivity contribution in [2.45, 2.75) is 18.9 Å². The summed E-state index contributed by atoms with van der Waals surface area (Å²) in [5.41, 5.74) is 0.652. The third-order valence-electron chi connectivity index (χ3n) is 2.52. The average molecular weight is 366 g/mol. The molecule has 0 atom stereocenters. The van der Waals surface area contributed by atoms with E-state index in [0.29, 0.717) is 18.3 Å². The third-order valence-corrected chi connectivity index (χ3v) is 4.73. The number of benzene rings is 1. The van der Waals surface area contributed by atoms with Crippen LogP contribution in [0.4, 0.5) is 5.69 Å². The van der Waals surface area contributed by atoms with Crippen molar-refractivity contribution in [2.75, 3.05) is 17.0 Å². The van der Waals surface area contributed by atoms with Crippen LogP contribution in [0, 0.1) is 3.57 Å². The Hall–Kier alpha value is -0.340. The van der Waals surface area contributed by atoms with E-state index in [-0.39, 0.29) is 5.75 Å². The molecule has 0 amide bonds. The zero-order valence-electron chi connectivity index (χ0n) is 9.32. The summed E-state index contributed by atoms with van der Waals surface area (Å²) in [6.07, 6.45) is 2.34.